The summed E-state index contributed by atoms with van der Waals surface area (Å²) in [4.78, 5) is 33.2. The number of nitrogens with zero attached hydrogens (tertiary/aromatic N) is 3. The summed E-state index contributed by atoms with van der Waals surface area (Å²) in [6.45, 7) is 1.94. The van der Waals surface area contributed by atoms with Crippen molar-refractivity contribution in [3.63, 3.8) is 0 Å². The minimum atomic E-state index is -0.339. The summed E-state index contributed by atoms with van der Waals surface area (Å²) in [5.74, 6) is 0.0882. The second-order valence-corrected chi connectivity index (χ2v) is 6.84. The SMILES string of the molecule is O=C(c1cocn1)N1CCC2(CCCN(c3ccccc3)C2=O)CC1. The van der Waals surface area contributed by atoms with Crippen molar-refractivity contribution < 1.29 is 14.0 Å². The monoisotopic (exact) mass is 339 g/mol. The van der Waals surface area contributed by atoms with E-state index in [1.807, 2.05) is 35.2 Å². The van der Waals surface area contributed by atoms with Gasteiger partial charge in [0.05, 0.1) is 5.41 Å². The van der Waals surface area contributed by atoms with Gasteiger partial charge in [-0.05, 0) is 37.8 Å². The van der Waals surface area contributed by atoms with E-state index < -0.39 is 0 Å². The molecule has 4 rings (SSSR count). The van der Waals surface area contributed by atoms with Crippen LogP contribution in [0, 0.1) is 5.41 Å². The Morgan fingerprint density at radius 3 is 2.52 bits per heavy atom. The number of hydrogen-bond acceptors (Lipinski definition) is 4. The minimum Gasteiger partial charge on any atom is -0.451 e. The summed E-state index contributed by atoms with van der Waals surface area (Å²) in [6, 6.07) is 9.86. The molecule has 0 aliphatic carbocycles. The Bertz CT molecular complexity index is 749. The number of piperidine rings is 2. The van der Waals surface area contributed by atoms with E-state index in [1.54, 1.807) is 4.90 Å². The van der Waals surface area contributed by atoms with Crippen molar-refractivity contribution in [2.75, 3.05) is 24.5 Å². The number of hydrogen-bond donors (Lipinski definition) is 0. The molecule has 2 saturated heterocycles. The molecular weight excluding hydrogens is 318 g/mol. The highest BCUT2D eigenvalue weighted by molar-refractivity contribution is 5.99. The van der Waals surface area contributed by atoms with Gasteiger partial charge in [0, 0.05) is 25.3 Å². The van der Waals surface area contributed by atoms with Crippen LogP contribution in [0.1, 0.15) is 36.2 Å². The first-order valence-corrected chi connectivity index (χ1v) is 8.74. The van der Waals surface area contributed by atoms with Crippen LogP contribution in [0.4, 0.5) is 5.69 Å². The van der Waals surface area contributed by atoms with E-state index in [9.17, 15) is 9.59 Å². The van der Waals surface area contributed by atoms with E-state index in [4.69, 9.17) is 4.42 Å². The molecule has 0 radical (unpaired) electrons. The molecule has 2 aromatic rings. The predicted molar refractivity (Wildman–Crippen MR) is 92.1 cm³/mol. The smallest absolute Gasteiger partial charge is 0.275 e. The largest absolute Gasteiger partial charge is 0.451 e. The summed E-state index contributed by atoms with van der Waals surface area (Å²) < 4.78 is 4.90. The lowest BCUT2D eigenvalue weighted by molar-refractivity contribution is -0.133. The Hall–Kier alpha value is -2.63. The summed E-state index contributed by atoms with van der Waals surface area (Å²) >= 11 is 0. The number of carbonyl (C=O) groups is 2. The lowest BCUT2D eigenvalue weighted by Gasteiger charge is -2.46. The maximum absolute atomic E-state index is 13.2. The average Bonchev–Trinajstić information content (AvgIpc) is 3.20. The molecule has 2 aliphatic rings. The van der Waals surface area contributed by atoms with Crippen LogP contribution >= 0.6 is 0 Å². The van der Waals surface area contributed by atoms with Gasteiger partial charge in [-0.15, -0.1) is 0 Å². The Morgan fingerprint density at radius 2 is 1.84 bits per heavy atom. The Kier molecular flexibility index (Phi) is 4.03. The van der Waals surface area contributed by atoms with Gasteiger partial charge in [0.15, 0.2) is 12.1 Å². The Morgan fingerprint density at radius 1 is 1.08 bits per heavy atom. The second kappa shape index (κ2) is 6.35. The second-order valence-electron chi connectivity index (χ2n) is 6.84. The van der Waals surface area contributed by atoms with Crippen LogP contribution in [-0.4, -0.2) is 41.3 Å². The van der Waals surface area contributed by atoms with Gasteiger partial charge >= 0.3 is 0 Å². The molecule has 2 amide bonds. The first-order valence-electron chi connectivity index (χ1n) is 8.74. The van der Waals surface area contributed by atoms with Gasteiger partial charge in [-0.2, -0.15) is 0 Å². The number of amides is 2. The number of carbonyl (C=O) groups excluding carboxylic acids is 2. The standard InChI is InChI=1S/C19H21N3O3/c23-17(16-13-25-14-20-16)21-11-8-19(9-12-21)7-4-10-22(18(19)24)15-5-2-1-3-6-15/h1-3,5-6,13-14H,4,7-12H2. The molecule has 2 aliphatic heterocycles. The number of likely N-dealkylation sites (tertiary alicyclic amines) is 1. The van der Waals surface area contributed by atoms with Crippen LogP contribution in [0.5, 0.6) is 0 Å². The molecule has 6 heteroatoms. The molecule has 1 aromatic carbocycles. The minimum absolute atomic E-state index is 0.119. The van der Waals surface area contributed by atoms with Gasteiger partial charge in [-0.1, -0.05) is 18.2 Å². The summed E-state index contributed by atoms with van der Waals surface area (Å²) in [5, 5.41) is 0. The molecule has 0 saturated carbocycles. The Balaban J connectivity index is 1.48. The van der Waals surface area contributed by atoms with E-state index in [-0.39, 0.29) is 17.2 Å². The fourth-order valence-electron chi connectivity index (χ4n) is 4.01. The maximum Gasteiger partial charge on any atom is 0.275 e. The van der Waals surface area contributed by atoms with Crippen LogP contribution in [0.15, 0.2) is 47.4 Å². The third-order valence-electron chi connectivity index (χ3n) is 5.46. The highest BCUT2D eigenvalue weighted by Crippen LogP contribution is 2.42. The topological polar surface area (TPSA) is 66.7 Å². The quantitative estimate of drug-likeness (QED) is 0.844. The van der Waals surface area contributed by atoms with Crippen molar-refractivity contribution in [1.29, 1.82) is 0 Å². The van der Waals surface area contributed by atoms with Gasteiger partial charge in [-0.3, -0.25) is 9.59 Å². The number of aromatic nitrogens is 1. The first-order chi connectivity index (χ1) is 12.2. The fourth-order valence-corrected chi connectivity index (χ4v) is 4.01. The molecule has 25 heavy (non-hydrogen) atoms. The molecule has 1 aromatic heterocycles. The van der Waals surface area contributed by atoms with Crippen LogP contribution in [-0.2, 0) is 4.79 Å². The normalized spacial score (nSPS) is 20.1. The van der Waals surface area contributed by atoms with Crippen molar-refractivity contribution in [3.8, 4) is 0 Å². The highest BCUT2D eigenvalue weighted by Gasteiger charge is 2.46. The van der Waals surface area contributed by atoms with E-state index in [0.717, 1.165) is 25.1 Å². The molecule has 130 valence electrons. The van der Waals surface area contributed by atoms with Crippen LogP contribution in [0.25, 0.3) is 0 Å². The van der Waals surface area contributed by atoms with Gasteiger partial charge in [0.25, 0.3) is 5.91 Å². The number of para-hydroxylation sites is 1. The van der Waals surface area contributed by atoms with E-state index in [1.165, 1.54) is 12.7 Å². The number of oxazole rings is 1. The van der Waals surface area contributed by atoms with Crippen molar-refractivity contribution >= 4 is 17.5 Å². The van der Waals surface area contributed by atoms with Crippen LogP contribution in [0.3, 0.4) is 0 Å². The average molecular weight is 339 g/mol. The molecule has 2 fully saturated rings. The predicted octanol–water partition coefficient (Wildman–Crippen LogP) is 2.72. The third kappa shape index (κ3) is 2.81. The van der Waals surface area contributed by atoms with Crippen LogP contribution in [0.2, 0.25) is 0 Å². The zero-order valence-corrected chi connectivity index (χ0v) is 14.1. The summed E-state index contributed by atoms with van der Waals surface area (Å²) in [7, 11) is 0. The summed E-state index contributed by atoms with van der Waals surface area (Å²) in [5.41, 5.74) is 0.957. The van der Waals surface area contributed by atoms with Gasteiger partial charge in [-0.25, -0.2) is 4.98 Å². The van der Waals surface area contributed by atoms with Gasteiger partial charge in [0.1, 0.15) is 6.26 Å². The van der Waals surface area contributed by atoms with Crippen molar-refractivity contribution in [1.82, 2.24) is 9.88 Å². The van der Waals surface area contributed by atoms with E-state index in [0.29, 0.717) is 31.6 Å². The summed E-state index contributed by atoms with van der Waals surface area (Å²) in [6.07, 6.45) is 5.95. The number of benzene rings is 1. The van der Waals surface area contributed by atoms with Crippen molar-refractivity contribution in [2.45, 2.75) is 25.7 Å². The van der Waals surface area contributed by atoms with E-state index >= 15 is 0 Å². The molecular formula is C19H21N3O3. The van der Waals surface area contributed by atoms with Crippen molar-refractivity contribution in [3.05, 3.63) is 48.7 Å². The fraction of sp³-hybridized carbons (Fsp3) is 0.421. The molecule has 3 heterocycles. The molecule has 0 bridgehead atoms. The third-order valence-corrected chi connectivity index (χ3v) is 5.46. The van der Waals surface area contributed by atoms with Crippen molar-refractivity contribution in [2.24, 2.45) is 5.41 Å². The maximum atomic E-state index is 13.2. The number of rotatable bonds is 2. The molecule has 1 spiro atoms. The first kappa shape index (κ1) is 15.9. The lowest BCUT2D eigenvalue weighted by atomic mass is 9.71. The van der Waals surface area contributed by atoms with E-state index in [2.05, 4.69) is 4.98 Å². The Labute approximate surface area is 146 Å². The lowest BCUT2D eigenvalue weighted by Crippen LogP contribution is -2.54. The van der Waals surface area contributed by atoms with Gasteiger partial charge in [0.2, 0.25) is 5.91 Å². The van der Waals surface area contributed by atoms with Crippen LogP contribution < -0.4 is 4.90 Å². The highest BCUT2D eigenvalue weighted by atomic mass is 16.3. The van der Waals surface area contributed by atoms with Gasteiger partial charge < -0.3 is 14.2 Å². The number of anilines is 1. The molecule has 6 nitrogen and oxygen atoms in total. The molecule has 0 atom stereocenters. The molecule has 0 unspecified atom stereocenters. The molecule has 0 N–H and O–H groups in total. The zero-order valence-electron chi connectivity index (χ0n) is 14.1. The zero-order chi connectivity index (χ0) is 17.3.